The van der Waals surface area contributed by atoms with E-state index in [4.69, 9.17) is 16.3 Å². The van der Waals surface area contributed by atoms with Crippen molar-refractivity contribution in [1.29, 1.82) is 0 Å². The zero-order valence-corrected chi connectivity index (χ0v) is 15.7. The maximum absolute atomic E-state index is 6.02. The first kappa shape index (κ1) is 19.0. The van der Waals surface area contributed by atoms with Crippen LogP contribution in [0.4, 0.5) is 0 Å². The molecule has 1 saturated heterocycles. The molecule has 1 aliphatic heterocycles. The molecule has 1 aromatic rings. The standard InChI is InChI=1S/C18H29ClN4O/c1-20-17(21-10-7-15-5-4-6-16(19)13-15)22-14-18(23(2)3)8-11-24-12-9-18/h4-6,13H,7-12,14H2,1-3H3,(H2,20,21,22). The second kappa shape index (κ2) is 9.25. The lowest BCUT2D eigenvalue weighted by atomic mass is 9.88. The second-order valence-electron chi connectivity index (χ2n) is 6.46. The maximum atomic E-state index is 6.02. The number of aliphatic imine (C=N–C) groups is 1. The van der Waals surface area contributed by atoms with Crippen molar-refractivity contribution in [2.24, 2.45) is 4.99 Å². The molecule has 1 fully saturated rings. The Morgan fingerprint density at radius 3 is 2.67 bits per heavy atom. The molecular weight excluding hydrogens is 324 g/mol. The molecule has 134 valence electrons. The van der Waals surface area contributed by atoms with E-state index in [9.17, 15) is 0 Å². The third-order valence-corrected chi connectivity index (χ3v) is 5.01. The van der Waals surface area contributed by atoms with Crippen LogP contribution >= 0.6 is 11.6 Å². The average molecular weight is 353 g/mol. The van der Waals surface area contributed by atoms with Crippen molar-refractivity contribution in [3.8, 4) is 0 Å². The summed E-state index contributed by atoms with van der Waals surface area (Å²) < 4.78 is 5.52. The summed E-state index contributed by atoms with van der Waals surface area (Å²) in [6, 6.07) is 7.97. The summed E-state index contributed by atoms with van der Waals surface area (Å²) in [5.41, 5.74) is 1.35. The predicted octanol–water partition coefficient (Wildman–Crippen LogP) is 2.16. The number of ether oxygens (including phenoxy) is 1. The van der Waals surface area contributed by atoms with Gasteiger partial charge in [-0.15, -0.1) is 0 Å². The Kier molecular flexibility index (Phi) is 7.34. The minimum atomic E-state index is 0.128. The van der Waals surface area contributed by atoms with Gasteiger partial charge in [-0.2, -0.15) is 0 Å². The topological polar surface area (TPSA) is 48.9 Å². The van der Waals surface area contributed by atoms with Crippen LogP contribution in [0.2, 0.25) is 5.02 Å². The summed E-state index contributed by atoms with van der Waals surface area (Å²) in [6.45, 7) is 3.32. The van der Waals surface area contributed by atoms with E-state index in [1.807, 2.05) is 18.2 Å². The molecule has 1 aromatic carbocycles. The first-order valence-corrected chi connectivity index (χ1v) is 8.88. The fourth-order valence-electron chi connectivity index (χ4n) is 3.02. The number of nitrogens with zero attached hydrogens (tertiary/aromatic N) is 2. The SMILES string of the molecule is CN=C(NCCc1cccc(Cl)c1)NCC1(N(C)C)CCOCC1. The summed E-state index contributed by atoms with van der Waals surface area (Å²) >= 11 is 6.02. The summed E-state index contributed by atoms with van der Waals surface area (Å²) in [7, 11) is 6.09. The summed E-state index contributed by atoms with van der Waals surface area (Å²) in [4.78, 5) is 6.64. The van der Waals surface area contributed by atoms with E-state index in [0.717, 1.165) is 56.5 Å². The molecular formula is C18H29ClN4O. The molecule has 0 atom stereocenters. The quantitative estimate of drug-likeness (QED) is 0.608. The molecule has 0 aliphatic carbocycles. The molecule has 1 aliphatic rings. The van der Waals surface area contributed by atoms with Crippen LogP contribution < -0.4 is 10.6 Å². The van der Waals surface area contributed by atoms with Crippen molar-refractivity contribution in [3.05, 3.63) is 34.9 Å². The smallest absolute Gasteiger partial charge is 0.191 e. The zero-order valence-electron chi connectivity index (χ0n) is 14.9. The molecule has 0 bridgehead atoms. The van der Waals surface area contributed by atoms with Gasteiger partial charge < -0.3 is 20.3 Å². The monoisotopic (exact) mass is 352 g/mol. The van der Waals surface area contributed by atoms with E-state index in [0.29, 0.717) is 0 Å². The van der Waals surface area contributed by atoms with E-state index in [1.165, 1.54) is 5.56 Å². The first-order valence-electron chi connectivity index (χ1n) is 8.50. The predicted molar refractivity (Wildman–Crippen MR) is 101 cm³/mol. The van der Waals surface area contributed by atoms with Crippen LogP contribution in [0, 0.1) is 0 Å². The van der Waals surface area contributed by atoms with Crippen molar-refractivity contribution < 1.29 is 4.74 Å². The van der Waals surface area contributed by atoms with Crippen LogP contribution in [-0.2, 0) is 11.2 Å². The van der Waals surface area contributed by atoms with Gasteiger partial charge in [0.15, 0.2) is 5.96 Å². The number of hydrogen-bond acceptors (Lipinski definition) is 3. The zero-order chi connectivity index (χ0) is 17.4. The van der Waals surface area contributed by atoms with Gasteiger partial charge in [0.2, 0.25) is 0 Å². The van der Waals surface area contributed by atoms with Crippen molar-refractivity contribution in [1.82, 2.24) is 15.5 Å². The van der Waals surface area contributed by atoms with Crippen molar-refractivity contribution in [2.45, 2.75) is 24.8 Å². The van der Waals surface area contributed by atoms with E-state index < -0.39 is 0 Å². The molecule has 2 rings (SSSR count). The molecule has 0 amide bonds. The average Bonchev–Trinajstić information content (AvgIpc) is 2.58. The number of halogens is 1. The Morgan fingerprint density at radius 2 is 2.04 bits per heavy atom. The first-order chi connectivity index (χ1) is 11.6. The lowest BCUT2D eigenvalue weighted by Crippen LogP contribution is -2.57. The lowest BCUT2D eigenvalue weighted by Gasteiger charge is -2.43. The molecule has 5 nitrogen and oxygen atoms in total. The Morgan fingerprint density at radius 1 is 1.29 bits per heavy atom. The number of hydrogen-bond donors (Lipinski definition) is 2. The Balaban J connectivity index is 1.81. The largest absolute Gasteiger partial charge is 0.381 e. The van der Waals surface area contributed by atoms with Crippen LogP contribution in [0.3, 0.4) is 0 Å². The minimum Gasteiger partial charge on any atom is -0.381 e. The molecule has 1 heterocycles. The Labute approximate surface area is 150 Å². The number of benzene rings is 1. The lowest BCUT2D eigenvalue weighted by molar-refractivity contribution is -0.00500. The van der Waals surface area contributed by atoms with Gasteiger partial charge in [0.25, 0.3) is 0 Å². The highest BCUT2D eigenvalue weighted by Crippen LogP contribution is 2.24. The molecule has 0 aromatic heterocycles. The van der Waals surface area contributed by atoms with Crippen LogP contribution in [0.15, 0.2) is 29.3 Å². The van der Waals surface area contributed by atoms with Gasteiger partial charge in [-0.3, -0.25) is 4.99 Å². The Bertz CT molecular complexity index is 542. The summed E-state index contributed by atoms with van der Waals surface area (Å²) in [5.74, 6) is 0.838. The van der Waals surface area contributed by atoms with Gasteiger partial charge in [0, 0.05) is 43.9 Å². The molecule has 2 N–H and O–H groups in total. The van der Waals surface area contributed by atoms with Gasteiger partial charge in [-0.05, 0) is 51.1 Å². The third-order valence-electron chi connectivity index (χ3n) is 4.78. The van der Waals surface area contributed by atoms with Gasteiger partial charge >= 0.3 is 0 Å². The summed E-state index contributed by atoms with van der Waals surface area (Å²) in [5, 5.41) is 7.63. The normalized spacial score (nSPS) is 17.8. The van der Waals surface area contributed by atoms with Gasteiger partial charge in [-0.1, -0.05) is 23.7 Å². The molecule has 0 radical (unpaired) electrons. The van der Waals surface area contributed by atoms with Gasteiger partial charge in [0.05, 0.1) is 0 Å². The molecule has 24 heavy (non-hydrogen) atoms. The highest BCUT2D eigenvalue weighted by Gasteiger charge is 2.34. The molecule has 6 heteroatoms. The van der Waals surface area contributed by atoms with Gasteiger partial charge in [-0.25, -0.2) is 0 Å². The second-order valence-corrected chi connectivity index (χ2v) is 6.90. The van der Waals surface area contributed by atoms with Gasteiger partial charge in [0.1, 0.15) is 0 Å². The van der Waals surface area contributed by atoms with Crippen LogP contribution in [0.1, 0.15) is 18.4 Å². The Hall–Kier alpha value is -1.30. The maximum Gasteiger partial charge on any atom is 0.191 e. The number of rotatable bonds is 6. The molecule has 0 spiro atoms. The number of likely N-dealkylation sites (N-methyl/N-ethyl adjacent to an activating group) is 1. The van der Waals surface area contributed by atoms with E-state index in [1.54, 1.807) is 7.05 Å². The number of guanidine groups is 1. The molecule has 0 unspecified atom stereocenters. The highest BCUT2D eigenvalue weighted by atomic mass is 35.5. The minimum absolute atomic E-state index is 0.128. The van der Waals surface area contributed by atoms with E-state index in [-0.39, 0.29) is 5.54 Å². The van der Waals surface area contributed by atoms with Crippen LogP contribution in [0.5, 0.6) is 0 Å². The number of nitrogens with one attached hydrogen (secondary N) is 2. The van der Waals surface area contributed by atoms with Crippen LogP contribution in [0.25, 0.3) is 0 Å². The summed E-state index contributed by atoms with van der Waals surface area (Å²) in [6.07, 6.45) is 2.98. The highest BCUT2D eigenvalue weighted by molar-refractivity contribution is 6.30. The molecule has 0 saturated carbocycles. The fraction of sp³-hybridized carbons (Fsp3) is 0.611. The van der Waals surface area contributed by atoms with Crippen LogP contribution in [-0.4, -0.2) is 63.8 Å². The van der Waals surface area contributed by atoms with E-state index >= 15 is 0 Å². The van der Waals surface area contributed by atoms with Crippen molar-refractivity contribution in [2.75, 3.05) is 47.4 Å². The fourth-order valence-corrected chi connectivity index (χ4v) is 3.23. The van der Waals surface area contributed by atoms with Crippen molar-refractivity contribution >= 4 is 17.6 Å². The third kappa shape index (κ3) is 5.36. The van der Waals surface area contributed by atoms with E-state index in [2.05, 4.69) is 40.7 Å². The van der Waals surface area contributed by atoms with Crippen molar-refractivity contribution in [3.63, 3.8) is 0 Å².